The number of aromatic amines is 1. The van der Waals surface area contributed by atoms with Crippen LogP contribution in [0.5, 0.6) is 5.75 Å². The molecule has 3 rings (SSSR count). The van der Waals surface area contributed by atoms with Crippen molar-refractivity contribution in [2.45, 2.75) is 18.9 Å². The fourth-order valence-corrected chi connectivity index (χ4v) is 2.79. The first-order valence-electron chi connectivity index (χ1n) is 6.02. The predicted octanol–water partition coefficient (Wildman–Crippen LogP) is 2.21. The van der Waals surface area contributed by atoms with Crippen molar-refractivity contribution in [3.8, 4) is 5.75 Å². The summed E-state index contributed by atoms with van der Waals surface area (Å²) >= 11 is 0. The van der Waals surface area contributed by atoms with Gasteiger partial charge in [0.25, 0.3) is 0 Å². The highest BCUT2D eigenvalue weighted by atomic mass is 16.5. The predicted molar refractivity (Wildman–Crippen MR) is 69.7 cm³/mol. The molecular weight excluding hydrogens is 212 g/mol. The zero-order chi connectivity index (χ0) is 12.0. The Morgan fingerprint density at radius 1 is 1.24 bits per heavy atom. The van der Waals surface area contributed by atoms with Crippen LogP contribution in [-0.4, -0.2) is 37.1 Å². The van der Waals surface area contributed by atoms with E-state index in [-0.39, 0.29) is 0 Å². The lowest BCUT2D eigenvalue weighted by molar-refractivity contribution is 0.287. The molecule has 3 nitrogen and oxygen atoms in total. The molecule has 1 aromatic carbocycles. The third kappa shape index (κ3) is 1.62. The molecule has 0 bridgehead atoms. The first-order valence-corrected chi connectivity index (χ1v) is 6.02. The Morgan fingerprint density at radius 2 is 2.00 bits per heavy atom. The van der Waals surface area contributed by atoms with Gasteiger partial charge in [-0.1, -0.05) is 0 Å². The topological polar surface area (TPSA) is 28.3 Å². The van der Waals surface area contributed by atoms with Crippen molar-refractivity contribution in [1.82, 2.24) is 9.88 Å². The van der Waals surface area contributed by atoms with Crippen LogP contribution in [-0.2, 0) is 12.8 Å². The van der Waals surface area contributed by atoms with E-state index in [0.717, 1.165) is 18.6 Å². The van der Waals surface area contributed by atoms with Crippen molar-refractivity contribution in [3.05, 3.63) is 29.5 Å². The summed E-state index contributed by atoms with van der Waals surface area (Å²) in [5.41, 5.74) is 4.04. The molecule has 17 heavy (non-hydrogen) atoms. The number of aromatic nitrogens is 1. The van der Waals surface area contributed by atoms with Gasteiger partial charge in [0.05, 0.1) is 7.11 Å². The Balaban J connectivity index is 2.15. The Hall–Kier alpha value is -1.48. The van der Waals surface area contributed by atoms with Crippen LogP contribution in [0.15, 0.2) is 18.3 Å². The van der Waals surface area contributed by atoms with E-state index in [9.17, 15) is 0 Å². The minimum Gasteiger partial charge on any atom is -0.497 e. The maximum atomic E-state index is 5.36. The van der Waals surface area contributed by atoms with Gasteiger partial charge in [0.2, 0.25) is 0 Å². The van der Waals surface area contributed by atoms with Crippen LogP contribution in [0, 0.1) is 0 Å². The molecule has 0 amide bonds. The second-order valence-corrected chi connectivity index (χ2v) is 5.05. The van der Waals surface area contributed by atoms with Gasteiger partial charge in [-0.05, 0) is 44.1 Å². The smallest absolute Gasteiger partial charge is 0.121 e. The first-order chi connectivity index (χ1) is 8.19. The van der Waals surface area contributed by atoms with Gasteiger partial charge in [0.15, 0.2) is 0 Å². The number of rotatable bonds is 2. The Bertz CT molecular complexity index is 557. The third-order valence-electron chi connectivity index (χ3n) is 3.79. The lowest BCUT2D eigenvalue weighted by Gasteiger charge is -2.28. The van der Waals surface area contributed by atoms with Crippen molar-refractivity contribution in [2.75, 3.05) is 21.2 Å². The van der Waals surface area contributed by atoms with E-state index in [4.69, 9.17) is 4.74 Å². The van der Waals surface area contributed by atoms with Crippen molar-refractivity contribution in [2.24, 2.45) is 0 Å². The highest BCUT2D eigenvalue weighted by Gasteiger charge is 2.23. The number of likely N-dealkylation sites (N-methyl/N-ethyl adjacent to an activating group) is 1. The molecule has 1 heterocycles. The number of methoxy groups -OCH3 is 1. The molecule has 1 atom stereocenters. The number of hydrogen-bond donors (Lipinski definition) is 1. The molecular formula is C14H18N2O. The Kier molecular flexibility index (Phi) is 2.37. The van der Waals surface area contributed by atoms with E-state index in [2.05, 4.69) is 42.3 Å². The summed E-state index contributed by atoms with van der Waals surface area (Å²) in [6.45, 7) is 0. The Labute approximate surface area is 101 Å². The average molecular weight is 230 g/mol. The number of ether oxygens (including phenoxy) is 1. The summed E-state index contributed by atoms with van der Waals surface area (Å²) < 4.78 is 5.36. The molecule has 1 aliphatic rings. The van der Waals surface area contributed by atoms with Gasteiger partial charge in [-0.25, -0.2) is 0 Å². The lowest BCUT2D eigenvalue weighted by Crippen LogP contribution is -2.33. The largest absolute Gasteiger partial charge is 0.497 e. The molecule has 0 saturated heterocycles. The fourth-order valence-electron chi connectivity index (χ4n) is 2.79. The van der Waals surface area contributed by atoms with Gasteiger partial charge in [-0.15, -0.1) is 0 Å². The van der Waals surface area contributed by atoms with Crippen molar-refractivity contribution in [3.63, 3.8) is 0 Å². The first kappa shape index (κ1) is 10.7. The summed E-state index contributed by atoms with van der Waals surface area (Å²) in [6, 6.07) is 4.85. The Morgan fingerprint density at radius 3 is 2.71 bits per heavy atom. The van der Waals surface area contributed by atoms with E-state index in [1.165, 1.54) is 22.0 Å². The fraction of sp³-hybridized carbons (Fsp3) is 0.429. The molecule has 0 saturated carbocycles. The average Bonchev–Trinajstić information content (AvgIpc) is 2.73. The van der Waals surface area contributed by atoms with Crippen LogP contribution in [0.4, 0.5) is 0 Å². The summed E-state index contributed by atoms with van der Waals surface area (Å²) in [5, 5.41) is 1.41. The number of hydrogen-bond acceptors (Lipinski definition) is 2. The number of benzene rings is 1. The minimum atomic E-state index is 0.591. The molecule has 2 aromatic rings. The summed E-state index contributed by atoms with van der Waals surface area (Å²) in [5.74, 6) is 0.945. The number of H-pyrrole nitrogens is 1. The summed E-state index contributed by atoms with van der Waals surface area (Å²) in [7, 11) is 6.03. The van der Waals surface area contributed by atoms with Gasteiger partial charge >= 0.3 is 0 Å². The lowest BCUT2D eigenvalue weighted by atomic mass is 9.88. The van der Waals surface area contributed by atoms with E-state index >= 15 is 0 Å². The van der Waals surface area contributed by atoms with Crippen LogP contribution in [0.25, 0.3) is 10.9 Å². The number of nitrogens with one attached hydrogen (secondary N) is 1. The van der Waals surface area contributed by atoms with Crippen LogP contribution in [0.2, 0.25) is 0 Å². The van der Waals surface area contributed by atoms with Gasteiger partial charge in [0, 0.05) is 29.2 Å². The SMILES string of the molecule is COc1cc2c3c(c[nH]c3c1)CC(N(C)C)C2. The van der Waals surface area contributed by atoms with E-state index in [1.54, 1.807) is 7.11 Å². The van der Waals surface area contributed by atoms with E-state index < -0.39 is 0 Å². The highest BCUT2D eigenvalue weighted by Crippen LogP contribution is 2.33. The zero-order valence-corrected chi connectivity index (χ0v) is 10.6. The third-order valence-corrected chi connectivity index (χ3v) is 3.79. The maximum absolute atomic E-state index is 5.36. The van der Waals surface area contributed by atoms with Gasteiger partial charge < -0.3 is 14.6 Å². The second-order valence-electron chi connectivity index (χ2n) is 5.05. The van der Waals surface area contributed by atoms with Crippen LogP contribution in [0.3, 0.4) is 0 Å². The zero-order valence-electron chi connectivity index (χ0n) is 10.6. The van der Waals surface area contributed by atoms with E-state index in [0.29, 0.717) is 6.04 Å². The van der Waals surface area contributed by atoms with Gasteiger partial charge in [-0.2, -0.15) is 0 Å². The normalized spacial score (nSPS) is 18.9. The van der Waals surface area contributed by atoms with Crippen molar-refractivity contribution >= 4 is 10.9 Å². The maximum Gasteiger partial charge on any atom is 0.121 e. The van der Waals surface area contributed by atoms with Gasteiger partial charge in [0.1, 0.15) is 5.75 Å². The van der Waals surface area contributed by atoms with Crippen LogP contribution in [0.1, 0.15) is 11.1 Å². The quantitative estimate of drug-likeness (QED) is 0.856. The van der Waals surface area contributed by atoms with Gasteiger partial charge in [-0.3, -0.25) is 0 Å². The molecule has 3 heteroatoms. The molecule has 0 fully saturated rings. The minimum absolute atomic E-state index is 0.591. The summed E-state index contributed by atoms with van der Waals surface area (Å²) in [4.78, 5) is 5.66. The molecule has 1 unspecified atom stereocenters. The van der Waals surface area contributed by atoms with Crippen LogP contribution < -0.4 is 4.74 Å². The summed E-state index contributed by atoms with van der Waals surface area (Å²) in [6.07, 6.45) is 4.38. The molecule has 1 N–H and O–H groups in total. The second kappa shape index (κ2) is 3.77. The molecule has 0 radical (unpaired) electrons. The molecule has 0 aliphatic heterocycles. The standard InChI is InChI=1S/C14H18N2O/c1-16(2)11-4-9-6-12(17-3)7-13-14(9)10(5-11)8-15-13/h6-8,11,15H,4-5H2,1-3H3. The number of nitrogens with zero attached hydrogens (tertiary/aromatic N) is 1. The van der Waals surface area contributed by atoms with Crippen LogP contribution >= 0.6 is 0 Å². The monoisotopic (exact) mass is 230 g/mol. The molecule has 0 spiro atoms. The molecule has 1 aromatic heterocycles. The van der Waals surface area contributed by atoms with Crippen molar-refractivity contribution in [1.29, 1.82) is 0 Å². The van der Waals surface area contributed by atoms with E-state index in [1.807, 2.05) is 0 Å². The van der Waals surface area contributed by atoms with Crippen molar-refractivity contribution < 1.29 is 4.74 Å². The highest BCUT2D eigenvalue weighted by molar-refractivity contribution is 5.89. The molecule has 90 valence electrons. The molecule has 1 aliphatic carbocycles.